The van der Waals surface area contributed by atoms with Crippen LogP contribution in [0.4, 0.5) is 0 Å². The Morgan fingerprint density at radius 1 is 1.07 bits per heavy atom. The molecule has 2 aromatic rings. The van der Waals surface area contributed by atoms with Gasteiger partial charge in [0.1, 0.15) is 11.5 Å². The highest BCUT2D eigenvalue weighted by Gasteiger charge is 2.45. The SMILES string of the molecule is COCCCN1C(=O)C(=O)/C(=C(\O)c2cccc(OC)c2)C1c1ccccc1. The molecule has 1 unspecified atom stereocenters. The van der Waals surface area contributed by atoms with Crippen molar-refractivity contribution in [3.63, 3.8) is 0 Å². The first kappa shape index (κ1) is 19.6. The predicted molar refractivity (Wildman–Crippen MR) is 105 cm³/mol. The van der Waals surface area contributed by atoms with Gasteiger partial charge >= 0.3 is 0 Å². The molecule has 1 atom stereocenters. The van der Waals surface area contributed by atoms with Crippen molar-refractivity contribution in [1.82, 2.24) is 4.90 Å². The van der Waals surface area contributed by atoms with E-state index in [0.29, 0.717) is 30.9 Å². The molecule has 1 heterocycles. The molecule has 1 saturated heterocycles. The number of aliphatic hydroxyl groups is 1. The van der Waals surface area contributed by atoms with Crippen molar-refractivity contribution in [1.29, 1.82) is 0 Å². The van der Waals surface area contributed by atoms with Crippen LogP contribution < -0.4 is 4.74 Å². The van der Waals surface area contributed by atoms with E-state index in [1.54, 1.807) is 31.4 Å². The molecule has 1 aliphatic heterocycles. The standard InChI is InChI=1S/C22H23NO5/c1-27-13-7-12-23-19(15-8-4-3-5-9-15)18(21(25)22(23)26)20(24)16-10-6-11-17(14-16)28-2/h3-6,8-11,14,19,24H,7,12-13H2,1-2H3/b20-18-. The maximum atomic E-state index is 12.8. The van der Waals surface area contributed by atoms with Gasteiger partial charge < -0.3 is 19.5 Å². The van der Waals surface area contributed by atoms with Gasteiger partial charge in [-0.1, -0.05) is 42.5 Å². The van der Waals surface area contributed by atoms with Gasteiger partial charge in [-0.25, -0.2) is 0 Å². The van der Waals surface area contributed by atoms with Crippen molar-refractivity contribution in [3.05, 3.63) is 71.3 Å². The first-order valence-electron chi connectivity index (χ1n) is 9.05. The highest BCUT2D eigenvalue weighted by Crippen LogP contribution is 2.39. The monoisotopic (exact) mass is 381 g/mol. The van der Waals surface area contributed by atoms with Gasteiger partial charge in [0.2, 0.25) is 0 Å². The first-order valence-corrected chi connectivity index (χ1v) is 9.05. The average Bonchev–Trinajstić information content (AvgIpc) is 2.99. The Kier molecular flexibility index (Phi) is 6.11. The maximum Gasteiger partial charge on any atom is 0.295 e. The van der Waals surface area contributed by atoms with E-state index in [9.17, 15) is 14.7 Å². The van der Waals surface area contributed by atoms with Crippen molar-refractivity contribution in [2.45, 2.75) is 12.5 Å². The summed E-state index contributed by atoms with van der Waals surface area (Å²) in [6, 6.07) is 15.4. The highest BCUT2D eigenvalue weighted by molar-refractivity contribution is 6.46. The third-order valence-corrected chi connectivity index (χ3v) is 4.75. The summed E-state index contributed by atoms with van der Waals surface area (Å²) in [5.74, 6) is -0.962. The quantitative estimate of drug-likeness (QED) is 0.345. The second-order valence-electron chi connectivity index (χ2n) is 6.48. The summed E-state index contributed by atoms with van der Waals surface area (Å²) >= 11 is 0. The molecular weight excluding hydrogens is 358 g/mol. The van der Waals surface area contributed by atoms with Crippen LogP contribution >= 0.6 is 0 Å². The van der Waals surface area contributed by atoms with Crippen LogP contribution in [0.3, 0.4) is 0 Å². The zero-order valence-electron chi connectivity index (χ0n) is 15.9. The third-order valence-electron chi connectivity index (χ3n) is 4.75. The fraction of sp³-hybridized carbons (Fsp3) is 0.273. The molecule has 2 aromatic carbocycles. The van der Waals surface area contributed by atoms with Gasteiger partial charge in [-0.3, -0.25) is 9.59 Å². The molecule has 0 radical (unpaired) electrons. The Bertz CT molecular complexity index is 891. The van der Waals surface area contributed by atoms with Crippen LogP contribution in [0.15, 0.2) is 60.2 Å². The Morgan fingerprint density at radius 3 is 2.50 bits per heavy atom. The molecule has 1 N–H and O–H groups in total. The number of rotatable bonds is 7. The molecule has 3 rings (SSSR count). The number of hydrogen-bond acceptors (Lipinski definition) is 5. The molecule has 1 amide bonds. The summed E-state index contributed by atoms with van der Waals surface area (Å²) in [7, 11) is 3.11. The van der Waals surface area contributed by atoms with E-state index >= 15 is 0 Å². The number of ketones is 1. The average molecular weight is 381 g/mol. The van der Waals surface area contributed by atoms with Crippen LogP contribution in [0.1, 0.15) is 23.6 Å². The lowest BCUT2D eigenvalue weighted by Gasteiger charge is -2.25. The van der Waals surface area contributed by atoms with E-state index in [4.69, 9.17) is 9.47 Å². The number of hydrogen-bond donors (Lipinski definition) is 1. The molecule has 0 aliphatic carbocycles. The van der Waals surface area contributed by atoms with E-state index in [2.05, 4.69) is 0 Å². The lowest BCUT2D eigenvalue weighted by Crippen LogP contribution is -2.31. The first-order chi connectivity index (χ1) is 13.6. The zero-order valence-corrected chi connectivity index (χ0v) is 15.9. The molecule has 0 spiro atoms. The number of nitrogens with zero attached hydrogens (tertiary/aromatic N) is 1. The minimum absolute atomic E-state index is 0.0851. The number of carbonyl (C=O) groups excluding carboxylic acids is 2. The third kappa shape index (κ3) is 3.77. The van der Waals surface area contributed by atoms with Gasteiger partial charge in [-0.05, 0) is 24.1 Å². The van der Waals surface area contributed by atoms with E-state index in [1.807, 2.05) is 30.3 Å². The van der Waals surface area contributed by atoms with Crippen LogP contribution in [0.2, 0.25) is 0 Å². The second kappa shape index (κ2) is 8.71. The molecular formula is C22H23NO5. The van der Waals surface area contributed by atoms with E-state index in [-0.39, 0.29) is 11.3 Å². The lowest BCUT2D eigenvalue weighted by molar-refractivity contribution is -0.140. The number of aliphatic hydroxyl groups excluding tert-OH is 1. The van der Waals surface area contributed by atoms with E-state index in [0.717, 1.165) is 5.56 Å². The minimum atomic E-state index is -0.688. The smallest absolute Gasteiger partial charge is 0.295 e. The summed E-state index contributed by atoms with van der Waals surface area (Å²) in [4.78, 5) is 27.1. The molecule has 6 nitrogen and oxygen atoms in total. The highest BCUT2D eigenvalue weighted by atomic mass is 16.5. The molecule has 6 heteroatoms. The van der Waals surface area contributed by atoms with Gasteiger partial charge in [0.05, 0.1) is 18.7 Å². The minimum Gasteiger partial charge on any atom is -0.507 e. The number of ether oxygens (including phenoxy) is 2. The fourth-order valence-corrected chi connectivity index (χ4v) is 3.40. The van der Waals surface area contributed by atoms with Crippen LogP contribution in [0, 0.1) is 0 Å². The number of Topliss-reactive ketones (excluding diaryl/α,β-unsaturated/α-hetero) is 1. The Hall–Kier alpha value is -3.12. The second-order valence-corrected chi connectivity index (χ2v) is 6.48. The molecule has 0 bridgehead atoms. The number of benzene rings is 2. The van der Waals surface area contributed by atoms with Gasteiger partial charge in [0.25, 0.3) is 11.7 Å². The topological polar surface area (TPSA) is 76.1 Å². The molecule has 0 saturated carbocycles. The van der Waals surface area contributed by atoms with Gasteiger partial charge in [0, 0.05) is 25.8 Å². The Labute approximate surface area is 164 Å². The van der Waals surface area contributed by atoms with Crippen LogP contribution in [0.25, 0.3) is 5.76 Å². The Morgan fingerprint density at radius 2 is 1.82 bits per heavy atom. The summed E-state index contributed by atoms with van der Waals surface area (Å²) in [5.41, 5.74) is 1.28. The number of amides is 1. The van der Waals surface area contributed by atoms with Crippen molar-refractivity contribution in [2.75, 3.05) is 27.4 Å². The van der Waals surface area contributed by atoms with Crippen molar-refractivity contribution in [2.24, 2.45) is 0 Å². The summed E-state index contributed by atoms with van der Waals surface area (Å²) < 4.78 is 10.3. The number of methoxy groups -OCH3 is 2. The predicted octanol–water partition coefficient (Wildman–Crippen LogP) is 3.15. The fourth-order valence-electron chi connectivity index (χ4n) is 3.40. The normalized spacial score (nSPS) is 18.5. The van der Waals surface area contributed by atoms with E-state index in [1.165, 1.54) is 12.0 Å². The lowest BCUT2D eigenvalue weighted by atomic mass is 9.95. The molecule has 146 valence electrons. The van der Waals surface area contributed by atoms with Crippen molar-refractivity contribution >= 4 is 17.4 Å². The van der Waals surface area contributed by atoms with Gasteiger partial charge in [0.15, 0.2) is 0 Å². The summed E-state index contributed by atoms with van der Waals surface area (Å²) in [5, 5.41) is 10.9. The van der Waals surface area contributed by atoms with Crippen LogP contribution in [-0.2, 0) is 14.3 Å². The Balaban J connectivity index is 2.10. The summed E-state index contributed by atoms with van der Waals surface area (Å²) in [6.45, 7) is 0.827. The number of likely N-dealkylation sites (tertiary alicyclic amines) is 1. The van der Waals surface area contributed by atoms with Gasteiger partial charge in [-0.2, -0.15) is 0 Å². The van der Waals surface area contributed by atoms with E-state index < -0.39 is 17.7 Å². The van der Waals surface area contributed by atoms with Crippen molar-refractivity contribution in [3.8, 4) is 5.75 Å². The largest absolute Gasteiger partial charge is 0.507 e. The molecule has 28 heavy (non-hydrogen) atoms. The van der Waals surface area contributed by atoms with Crippen molar-refractivity contribution < 1.29 is 24.2 Å². The summed E-state index contributed by atoms with van der Waals surface area (Å²) in [6.07, 6.45) is 0.589. The molecule has 1 fully saturated rings. The van der Waals surface area contributed by atoms with Crippen LogP contribution in [0.5, 0.6) is 5.75 Å². The zero-order chi connectivity index (χ0) is 20.1. The van der Waals surface area contributed by atoms with Gasteiger partial charge in [-0.15, -0.1) is 0 Å². The van der Waals surface area contributed by atoms with Crippen LogP contribution in [-0.4, -0.2) is 49.1 Å². The molecule has 1 aliphatic rings. The number of carbonyl (C=O) groups is 2. The molecule has 0 aromatic heterocycles. The maximum absolute atomic E-state index is 12.8.